The minimum absolute atomic E-state index is 1.11. The zero-order valence-electron chi connectivity index (χ0n) is 8.64. The van der Waals surface area contributed by atoms with E-state index in [9.17, 15) is 0 Å². The lowest BCUT2D eigenvalue weighted by Gasteiger charge is -1.96. The Bertz CT molecular complexity index is 460. The molecule has 0 spiro atoms. The van der Waals surface area contributed by atoms with Gasteiger partial charge >= 0.3 is 0 Å². The van der Waals surface area contributed by atoms with Gasteiger partial charge in [-0.05, 0) is 41.3 Å². The van der Waals surface area contributed by atoms with Crippen molar-refractivity contribution in [2.45, 2.75) is 4.90 Å². The molecule has 0 aliphatic carbocycles. The van der Waals surface area contributed by atoms with E-state index in [-0.39, 0.29) is 0 Å². The molecule has 0 N–H and O–H groups in total. The number of rotatable bonds is 3. The van der Waals surface area contributed by atoms with Crippen molar-refractivity contribution in [3.8, 4) is 0 Å². The molecule has 2 rings (SSSR count). The molecular formula is C14H11BrS. The molecule has 2 heteroatoms. The quantitative estimate of drug-likeness (QED) is 0.699. The van der Waals surface area contributed by atoms with Crippen LogP contribution in [0.3, 0.4) is 0 Å². The van der Waals surface area contributed by atoms with Crippen LogP contribution in [-0.4, -0.2) is 0 Å². The van der Waals surface area contributed by atoms with Crippen LogP contribution in [0.15, 0.2) is 69.4 Å². The Kier molecular flexibility index (Phi) is 4.25. The highest BCUT2D eigenvalue weighted by Gasteiger charge is 1.90. The fourth-order valence-electron chi connectivity index (χ4n) is 1.27. The van der Waals surface area contributed by atoms with Gasteiger partial charge in [-0.3, -0.25) is 0 Å². The summed E-state index contributed by atoms with van der Waals surface area (Å²) in [4.78, 5) is 1.25. The van der Waals surface area contributed by atoms with Gasteiger partial charge in [-0.25, -0.2) is 0 Å². The fourth-order valence-corrected chi connectivity index (χ4v) is 2.21. The third-order valence-electron chi connectivity index (χ3n) is 2.08. The minimum atomic E-state index is 1.11. The highest BCUT2D eigenvalue weighted by molar-refractivity contribution is 9.10. The predicted octanol–water partition coefficient (Wildman–Crippen LogP) is 5.21. The molecule has 80 valence electrons. The van der Waals surface area contributed by atoms with Crippen molar-refractivity contribution in [3.63, 3.8) is 0 Å². The van der Waals surface area contributed by atoms with Gasteiger partial charge in [-0.15, -0.1) is 0 Å². The Hall–Kier alpha value is -0.990. The fraction of sp³-hybridized carbons (Fsp3) is 0. The summed E-state index contributed by atoms with van der Waals surface area (Å²) in [5, 5.41) is 2.11. The van der Waals surface area contributed by atoms with Crippen LogP contribution >= 0.6 is 27.7 Å². The summed E-state index contributed by atoms with van der Waals surface area (Å²) in [5.41, 5.74) is 1.23. The van der Waals surface area contributed by atoms with E-state index in [1.807, 2.05) is 18.2 Å². The van der Waals surface area contributed by atoms with E-state index in [0.717, 1.165) is 4.47 Å². The lowest BCUT2D eigenvalue weighted by atomic mass is 10.2. The van der Waals surface area contributed by atoms with E-state index in [4.69, 9.17) is 0 Å². The van der Waals surface area contributed by atoms with Gasteiger partial charge in [-0.1, -0.05) is 58.0 Å². The van der Waals surface area contributed by atoms with Gasteiger partial charge < -0.3 is 0 Å². The normalized spacial score (nSPS) is 10.8. The summed E-state index contributed by atoms with van der Waals surface area (Å²) >= 11 is 5.15. The molecule has 0 radical (unpaired) electrons. The molecule has 0 fully saturated rings. The maximum absolute atomic E-state index is 3.42. The molecule has 2 aromatic rings. The highest BCUT2D eigenvalue weighted by Crippen LogP contribution is 2.22. The molecular weight excluding hydrogens is 280 g/mol. The first-order valence-electron chi connectivity index (χ1n) is 4.98. The Morgan fingerprint density at radius 3 is 2.25 bits per heavy atom. The van der Waals surface area contributed by atoms with Crippen LogP contribution in [0.5, 0.6) is 0 Å². The van der Waals surface area contributed by atoms with Gasteiger partial charge in [0.2, 0.25) is 0 Å². The van der Waals surface area contributed by atoms with Crippen LogP contribution in [-0.2, 0) is 0 Å². The molecule has 0 aliphatic heterocycles. The Labute approximate surface area is 109 Å². The van der Waals surface area contributed by atoms with E-state index < -0.39 is 0 Å². The summed E-state index contributed by atoms with van der Waals surface area (Å²) in [6.07, 6.45) is 2.12. The second kappa shape index (κ2) is 5.92. The number of hydrogen-bond acceptors (Lipinski definition) is 1. The van der Waals surface area contributed by atoms with Crippen LogP contribution < -0.4 is 0 Å². The topological polar surface area (TPSA) is 0 Å². The Morgan fingerprint density at radius 2 is 1.56 bits per heavy atom. The van der Waals surface area contributed by atoms with Crippen molar-refractivity contribution in [1.29, 1.82) is 0 Å². The molecule has 0 bridgehead atoms. The largest absolute Gasteiger partial charge is 0.0981 e. The van der Waals surface area contributed by atoms with Crippen molar-refractivity contribution in [2.24, 2.45) is 0 Å². The Morgan fingerprint density at radius 1 is 0.875 bits per heavy atom. The SMILES string of the molecule is Brc1ccc(SC=Cc2ccccc2)cc1. The lowest BCUT2D eigenvalue weighted by molar-refractivity contribution is 1.45. The van der Waals surface area contributed by atoms with Crippen molar-refractivity contribution in [1.82, 2.24) is 0 Å². The van der Waals surface area contributed by atoms with E-state index >= 15 is 0 Å². The highest BCUT2D eigenvalue weighted by atomic mass is 79.9. The van der Waals surface area contributed by atoms with Crippen LogP contribution in [0.2, 0.25) is 0 Å². The molecule has 0 saturated heterocycles. The summed E-state index contributed by atoms with van der Waals surface area (Å²) < 4.78 is 1.11. The van der Waals surface area contributed by atoms with Crippen LogP contribution in [0.4, 0.5) is 0 Å². The second-order valence-electron chi connectivity index (χ2n) is 3.29. The van der Waals surface area contributed by atoms with Crippen molar-refractivity contribution in [2.75, 3.05) is 0 Å². The molecule has 0 amide bonds. The maximum atomic E-state index is 3.42. The van der Waals surface area contributed by atoms with E-state index in [2.05, 4.69) is 63.8 Å². The summed E-state index contributed by atoms with van der Waals surface area (Å²) in [5.74, 6) is 0. The molecule has 2 aromatic carbocycles. The van der Waals surface area contributed by atoms with Gasteiger partial charge in [0.1, 0.15) is 0 Å². The minimum Gasteiger partial charge on any atom is -0.0981 e. The van der Waals surface area contributed by atoms with Gasteiger partial charge in [0.15, 0.2) is 0 Å². The first-order chi connectivity index (χ1) is 7.84. The number of halogens is 1. The average Bonchev–Trinajstić information content (AvgIpc) is 2.33. The van der Waals surface area contributed by atoms with Gasteiger partial charge in [0, 0.05) is 9.37 Å². The average molecular weight is 291 g/mol. The van der Waals surface area contributed by atoms with Crippen molar-refractivity contribution < 1.29 is 0 Å². The van der Waals surface area contributed by atoms with Crippen LogP contribution in [0, 0.1) is 0 Å². The molecule has 0 saturated carbocycles. The second-order valence-corrected chi connectivity index (χ2v) is 5.18. The predicted molar refractivity (Wildman–Crippen MR) is 75.5 cm³/mol. The molecule has 16 heavy (non-hydrogen) atoms. The van der Waals surface area contributed by atoms with E-state index in [1.165, 1.54) is 10.5 Å². The molecule has 0 unspecified atom stereocenters. The standard InChI is InChI=1S/C14H11BrS/c15-13-6-8-14(9-7-13)16-11-10-12-4-2-1-3-5-12/h1-11H. The van der Waals surface area contributed by atoms with Crippen molar-refractivity contribution >= 4 is 33.8 Å². The molecule has 0 nitrogen and oxygen atoms in total. The molecule has 0 aromatic heterocycles. The van der Waals surface area contributed by atoms with Gasteiger partial charge in [-0.2, -0.15) is 0 Å². The van der Waals surface area contributed by atoms with E-state index in [1.54, 1.807) is 11.8 Å². The summed E-state index contributed by atoms with van der Waals surface area (Å²) in [6.45, 7) is 0. The monoisotopic (exact) mass is 290 g/mol. The third-order valence-corrected chi connectivity index (χ3v) is 3.42. The summed E-state index contributed by atoms with van der Waals surface area (Å²) in [6, 6.07) is 18.6. The van der Waals surface area contributed by atoms with Crippen molar-refractivity contribution in [3.05, 3.63) is 70.0 Å². The zero-order valence-corrected chi connectivity index (χ0v) is 11.0. The number of hydrogen-bond donors (Lipinski definition) is 0. The third kappa shape index (κ3) is 3.54. The maximum Gasteiger partial charge on any atom is 0.0176 e. The molecule has 0 atom stereocenters. The van der Waals surface area contributed by atoms with E-state index in [0.29, 0.717) is 0 Å². The van der Waals surface area contributed by atoms with Gasteiger partial charge in [0.05, 0.1) is 0 Å². The first kappa shape index (κ1) is 11.5. The lowest BCUT2D eigenvalue weighted by Crippen LogP contribution is -1.69. The molecule has 0 heterocycles. The molecule has 0 aliphatic rings. The zero-order chi connectivity index (χ0) is 11.2. The Balaban J connectivity index is 1.97. The van der Waals surface area contributed by atoms with Crippen LogP contribution in [0.25, 0.3) is 6.08 Å². The van der Waals surface area contributed by atoms with Gasteiger partial charge in [0.25, 0.3) is 0 Å². The summed E-state index contributed by atoms with van der Waals surface area (Å²) in [7, 11) is 0. The number of thioether (sulfide) groups is 1. The first-order valence-corrected chi connectivity index (χ1v) is 6.66. The number of benzene rings is 2. The van der Waals surface area contributed by atoms with Crippen LogP contribution in [0.1, 0.15) is 5.56 Å². The smallest absolute Gasteiger partial charge is 0.0176 e.